The van der Waals surface area contributed by atoms with Crippen LogP contribution in [0.2, 0.25) is 0 Å². The Bertz CT molecular complexity index is 1390. The number of aliphatic hydroxyl groups excluding tert-OH is 1. The quantitative estimate of drug-likeness (QED) is 0.379. The Balaban J connectivity index is 1.24. The number of aliphatic hydroxyl groups is 1. The molecule has 3 nitrogen and oxygen atoms in total. The molecular formula is C28H25FN2OS. The summed E-state index contributed by atoms with van der Waals surface area (Å²) in [6.07, 6.45) is 3.90. The predicted octanol–water partition coefficient (Wildman–Crippen LogP) is 6.57. The Labute approximate surface area is 196 Å². The Morgan fingerprint density at radius 3 is 2.79 bits per heavy atom. The number of fused-ring (bicyclic) bond motifs is 3. The van der Waals surface area contributed by atoms with Crippen LogP contribution in [0.25, 0.3) is 22.0 Å². The summed E-state index contributed by atoms with van der Waals surface area (Å²) >= 11 is 1.45. The Hall–Kier alpha value is -2.76. The third-order valence-electron chi connectivity index (χ3n) is 7.92. The number of hydrogen-bond acceptors (Lipinski definition) is 4. The van der Waals surface area contributed by atoms with E-state index in [0.717, 1.165) is 47.4 Å². The number of aromatic nitrogens is 1. The minimum atomic E-state index is -0.430. The summed E-state index contributed by atoms with van der Waals surface area (Å²) in [5.74, 6) is 0.445. The fraction of sp³-hybridized carbons (Fsp3) is 0.321. The van der Waals surface area contributed by atoms with Gasteiger partial charge in [0.2, 0.25) is 0 Å². The van der Waals surface area contributed by atoms with Crippen molar-refractivity contribution in [3.05, 3.63) is 83.2 Å². The van der Waals surface area contributed by atoms with Crippen molar-refractivity contribution in [1.29, 1.82) is 0 Å². The lowest BCUT2D eigenvalue weighted by Crippen LogP contribution is -2.28. The minimum Gasteiger partial charge on any atom is -0.388 e. The van der Waals surface area contributed by atoms with E-state index in [1.54, 1.807) is 0 Å². The zero-order chi connectivity index (χ0) is 22.2. The number of halogens is 1. The zero-order valence-electron chi connectivity index (χ0n) is 18.3. The second kappa shape index (κ2) is 7.12. The molecule has 1 spiro atoms. The van der Waals surface area contributed by atoms with Crippen LogP contribution >= 0.6 is 11.5 Å². The van der Waals surface area contributed by atoms with Crippen LogP contribution in [-0.2, 0) is 5.41 Å². The normalized spacial score (nSPS) is 24.2. The molecule has 2 fully saturated rings. The van der Waals surface area contributed by atoms with Gasteiger partial charge in [-0.25, -0.2) is 4.39 Å². The molecule has 1 aromatic heterocycles. The number of rotatable bonds is 3. The highest BCUT2D eigenvalue weighted by atomic mass is 32.1. The molecule has 0 amide bonds. The molecule has 2 heterocycles. The monoisotopic (exact) mass is 456 g/mol. The largest absolute Gasteiger partial charge is 0.388 e. The highest BCUT2D eigenvalue weighted by Gasteiger charge is 2.48. The lowest BCUT2D eigenvalue weighted by molar-refractivity contribution is 0.158. The van der Waals surface area contributed by atoms with Crippen LogP contribution in [0.5, 0.6) is 0 Å². The molecule has 2 aliphatic carbocycles. The van der Waals surface area contributed by atoms with Crippen molar-refractivity contribution in [1.82, 2.24) is 4.37 Å². The first kappa shape index (κ1) is 19.7. The molecule has 0 radical (unpaired) electrons. The molecule has 5 heteroatoms. The summed E-state index contributed by atoms with van der Waals surface area (Å²) < 4.78 is 18.1. The Kier molecular flexibility index (Phi) is 4.25. The topological polar surface area (TPSA) is 36.4 Å². The summed E-state index contributed by atoms with van der Waals surface area (Å²) in [5, 5.41) is 13.2. The van der Waals surface area contributed by atoms with E-state index in [1.165, 1.54) is 58.8 Å². The summed E-state index contributed by atoms with van der Waals surface area (Å²) in [7, 11) is 0. The molecule has 2 atom stereocenters. The number of hydrogen-bond donors (Lipinski definition) is 1. The first-order chi connectivity index (χ1) is 16.1. The van der Waals surface area contributed by atoms with Gasteiger partial charge in [-0.15, -0.1) is 0 Å². The standard InChI is InChI=1S/C28H25FN2OS/c29-19-8-9-22-25(14-19)30-33-27(22)31-12-11-28(16-31)15-26(32)23-13-18(7-10-24(23)28)21-4-2-1-3-20(21)17-5-6-17/h1-4,7-10,13-14,17,26,32H,5-6,11-12,15-16H2. The lowest BCUT2D eigenvalue weighted by atomic mass is 9.80. The van der Waals surface area contributed by atoms with E-state index in [1.807, 2.05) is 6.07 Å². The molecule has 1 aliphatic heterocycles. The van der Waals surface area contributed by atoms with E-state index in [9.17, 15) is 9.50 Å². The number of nitrogens with zero attached hydrogens (tertiary/aromatic N) is 2. The molecule has 2 unspecified atom stereocenters. The van der Waals surface area contributed by atoms with Crippen molar-refractivity contribution in [3.8, 4) is 11.1 Å². The van der Waals surface area contributed by atoms with Crippen LogP contribution in [0.1, 0.15) is 54.4 Å². The molecule has 4 aromatic rings. The molecular weight excluding hydrogens is 431 g/mol. The molecule has 33 heavy (non-hydrogen) atoms. The fourth-order valence-corrected chi connectivity index (χ4v) is 7.03. The highest BCUT2D eigenvalue weighted by Crippen LogP contribution is 2.53. The first-order valence-corrected chi connectivity index (χ1v) is 12.6. The second-order valence-electron chi connectivity index (χ2n) is 9.98. The van der Waals surface area contributed by atoms with Gasteiger partial charge in [-0.05, 0) is 89.2 Å². The van der Waals surface area contributed by atoms with Gasteiger partial charge in [0, 0.05) is 30.0 Å². The third-order valence-corrected chi connectivity index (χ3v) is 8.86. The molecule has 1 saturated heterocycles. The zero-order valence-corrected chi connectivity index (χ0v) is 19.1. The lowest BCUT2D eigenvalue weighted by Gasteiger charge is -2.26. The smallest absolute Gasteiger partial charge is 0.125 e. The van der Waals surface area contributed by atoms with Gasteiger partial charge < -0.3 is 10.0 Å². The van der Waals surface area contributed by atoms with E-state index in [2.05, 4.69) is 51.7 Å². The second-order valence-corrected chi connectivity index (χ2v) is 10.7. The number of anilines is 1. The van der Waals surface area contributed by atoms with Gasteiger partial charge >= 0.3 is 0 Å². The summed E-state index contributed by atoms with van der Waals surface area (Å²) in [6.45, 7) is 1.79. The SMILES string of the molecule is OC1CC2(CCN(c3snc4cc(F)ccc34)C2)c2ccc(-c3ccccc3C3CC3)cc21. The van der Waals surface area contributed by atoms with Crippen LogP contribution in [0.3, 0.4) is 0 Å². The van der Waals surface area contributed by atoms with Crippen LogP contribution < -0.4 is 4.90 Å². The van der Waals surface area contributed by atoms with Gasteiger partial charge in [-0.2, -0.15) is 4.37 Å². The minimum absolute atomic E-state index is 0.0420. The molecule has 7 rings (SSSR count). The van der Waals surface area contributed by atoms with Gasteiger partial charge in [0.1, 0.15) is 10.8 Å². The molecule has 1 N–H and O–H groups in total. The van der Waals surface area contributed by atoms with Crippen LogP contribution in [-0.4, -0.2) is 22.6 Å². The van der Waals surface area contributed by atoms with Crippen molar-refractivity contribution in [3.63, 3.8) is 0 Å². The third kappa shape index (κ3) is 3.06. The maximum Gasteiger partial charge on any atom is 0.125 e. The molecule has 166 valence electrons. The summed E-state index contributed by atoms with van der Waals surface area (Å²) in [4.78, 5) is 2.38. The van der Waals surface area contributed by atoms with E-state index in [0.29, 0.717) is 5.92 Å². The maximum atomic E-state index is 13.6. The van der Waals surface area contributed by atoms with E-state index < -0.39 is 6.10 Å². The van der Waals surface area contributed by atoms with Crippen molar-refractivity contribution in [2.24, 2.45) is 0 Å². The van der Waals surface area contributed by atoms with Gasteiger partial charge in [0.25, 0.3) is 0 Å². The molecule has 3 aromatic carbocycles. The van der Waals surface area contributed by atoms with E-state index in [4.69, 9.17) is 0 Å². The summed E-state index contributed by atoms with van der Waals surface area (Å²) in [5.41, 5.74) is 7.05. The highest BCUT2D eigenvalue weighted by molar-refractivity contribution is 7.11. The maximum absolute atomic E-state index is 13.6. The Morgan fingerprint density at radius 1 is 1.03 bits per heavy atom. The van der Waals surface area contributed by atoms with Crippen LogP contribution in [0.4, 0.5) is 9.39 Å². The van der Waals surface area contributed by atoms with Gasteiger partial charge in [-0.3, -0.25) is 0 Å². The molecule has 3 aliphatic rings. The van der Waals surface area contributed by atoms with Crippen molar-refractivity contribution in [2.45, 2.75) is 43.1 Å². The fourth-order valence-electron chi connectivity index (χ4n) is 6.15. The van der Waals surface area contributed by atoms with E-state index >= 15 is 0 Å². The van der Waals surface area contributed by atoms with Crippen molar-refractivity contribution < 1.29 is 9.50 Å². The first-order valence-electron chi connectivity index (χ1n) is 11.8. The van der Waals surface area contributed by atoms with Crippen molar-refractivity contribution >= 4 is 27.4 Å². The van der Waals surface area contributed by atoms with Gasteiger partial charge in [-0.1, -0.05) is 36.4 Å². The summed E-state index contributed by atoms with van der Waals surface area (Å²) in [6, 6.07) is 20.4. The van der Waals surface area contributed by atoms with E-state index in [-0.39, 0.29) is 11.2 Å². The average Bonchev–Trinajstić information content (AvgIpc) is 3.38. The number of benzene rings is 3. The van der Waals surface area contributed by atoms with Gasteiger partial charge in [0.15, 0.2) is 0 Å². The Morgan fingerprint density at radius 2 is 1.91 bits per heavy atom. The molecule has 1 saturated carbocycles. The molecule has 0 bridgehead atoms. The van der Waals surface area contributed by atoms with Crippen molar-refractivity contribution in [2.75, 3.05) is 18.0 Å². The van der Waals surface area contributed by atoms with Crippen LogP contribution in [0, 0.1) is 5.82 Å². The van der Waals surface area contributed by atoms with Crippen LogP contribution in [0.15, 0.2) is 60.7 Å². The average molecular weight is 457 g/mol. The predicted molar refractivity (Wildman–Crippen MR) is 132 cm³/mol. The van der Waals surface area contributed by atoms with Gasteiger partial charge in [0.05, 0.1) is 11.6 Å².